The minimum absolute atomic E-state index is 0.0791. The molecule has 2 N–H and O–H groups in total. The average molecular weight is 478 g/mol. The lowest BCUT2D eigenvalue weighted by atomic mass is 9.57. The largest absolute Gasteiger partial charge is 0.325 e. The summed E-state index contributed by atoms with van der Waals surface area (Å²) in [7, 11) is 0. The summed E-state index contributed by atoms with van der Waals surface area (Å²) in [6.45, 7) is 4.64. The lowest BCUT2D eigenvalue weighted by molar-refractivity contribution is -0.137. The first-order valence-corrected chi connectivity index (χ1v) is 12.6. The van der Waals surface area contributed by atoms with E-state index in [1.807, 2.05) is 80.6 Å². The summed E-state index contributed by atoms with van der Waals surface area (Å²) < 4.78 is 0. The molecule has 180 valence electrons. The Balaban J connectivity index is 1.59. The zero-order valence-electron chi connectivity index (χ0n) is 20.3. The average Bonchev–Trinajstić information content (AvgIpc) is 3.58. The fraction of sp³-hybridized carbons (Fsp3) is 0.300. The molecular formula is C30H27N3O3. The second-order valence-electron chi connectivity index (χ2n) is 10.6. The second kappa shape index (κ2) is 7.14. The van der Waals surface area contributed by atoms with Gasteiger partial charge < -0.3 is 10.6 Å². The van der Waals surface area contributed by atoms with E-state index in [0.717, 1.165) is 40.8 Å². The molecule has 4 heterocycles. The van der Waals surface area contributed by atoms with Crippen molar-refractivity contribution in [3.8, 4) is 0 Å². The van der Waals surface area contributed by atoms with Crippen LogP contribution < -0.4 is 10.6 Å². The van der Waals surface area contributed by atoms with E-state index in [1.165, 1.54) is 0 Å². The van der Waals surface area contributed by atoms with Crippen molar-refractivity contribution in [3.05, 3.63) is 94.5 Å². The molecule has 2 amide bonds. The van der Waals surface area contributed by atoms with E-state index < -0.39 is 16.9 Å². The van der Waals surface area contributed by atoms with E-state index in [0.29, 0.717) is 17.8 Å². The van der Waals surface area contributed by atoms with Crippen molar-refractivity contribution in [1.82, 2.24) is 4.90 Å². The summed E-state index contributed by atoms with van der Waals surface area (Å²) in [5, 5.41) is 6.19. The number of anilines is 2. The van der Waals surface area contributed by atoms with Gasteiger partial charge in [-0.15, -0.1) is 0 Å². The Hall–Kier alpha value is -3.77. The summed E-state index contributed by atoms with van der Waals surface area (Å²) >= 11 is 0. The predicted octanol–water partition coefficient (Wildman–Crippen LogP) is 4.32. The zero-order chi connectivity index (χ0) is 24.8. The molecule has 3 aromatic rings. The van der Waals surface area contributed by atoms with Gasteiger partial charge >= 0.3 is 0 Å². The van der Waals surface area contributed by atoms with E-state index in [1.54, 1.807) is 0 Å². The number of benzene rings is 3. The number of hydrogen-bond donors (Lipinski definition) is 2. The van der Waals surface area contributed by atoms with Gasteiger partial charge in [-0.25, -0.2) is 0 Å². The summed E-state index contributed by atoms with van der Waals surface area (Å²) in [4.78, 5) is 45.4. The lowest BCUT2D eigenvalue weighted by Crippen LogP contribution is -2.62. The third kappa shape index (κ3) is 2.33. The number of rotatable bonds is 2. The monoisotopic (exact) mass is 477 g/mol. The van der Waals surface area contributed by atoms with Gasteiger partial charge in [0, 0.05) is 28.5 Å². The van der Waals surface area contributed by atoms with Crippen molar-refractivity contribution in [2.45, 2.75) is 43.7 Å². The Morgan fingerprint density at radius 3 is 2.36 bits per heavy atom. The van der Waals surface area contributed by atoms with Crippen LogP contribution in [0.2, 0.25) is 0 Å². The fourth-order valence-electron chi connectivity index (χ4n) is 7.59. The third-order valence-corrected chi connectivity index (χ3v) is 8.87. The molecule has 6 nitrogen and oxygen atoms in total. The normalized spacial score (nSPS) is 29.8. The summed E-state index contributed by atoms with van der Waals surface area (Å²) in [6, 6.07) is 20.8. The van der Waals surface area contributed by atoms with Gasteiger partial charge in [-0.2, -0.15) is 0 Å². The van der Waals surface area contributed by atoms with Crippen LogP contribution in [-0.2, 0) is 20.5 Å². The number of hydrogen-bond acceptors (Lipinski definition) is 4. The van der Waals surface area contributed by atoms with Crippen LogP contribution in [0, 0.1) is 19.8 Å². The van der Waals surface area contributed by atoms with E-state index >= 15 is 0 Å². The van der Waals surface area contributed by atoms with Crippen molar-refractivity contribution in [2.75, 3.05) is 17.2 Å². The molecule has 3 aromatic carbocycles. The first kappa shape index (κ1) is 21.5. The molecule has 7 rings (SSSR count). The van der Waals surface area contributed by atoms with Crippen LogP contribution >= 0.6 is 0 Å². The molecule has 0 bridgehead atoms. The van der Waals surface area contributed by atoms with Crippen LogP contribution in [0.1, 0.15) is 45.5 Å². The number of amides is 2. The van der Waals surface area contributed by atoms with Crippen LogP contribution in [0.15, 0.2) is 66.7 Å². The van der Waals surface area contributed by atoms with Crippen LogP contribution in [0.5, 0.6) is 0 Å². The standard InChI is InChI=1S/C30H27N3O3/c1-17-9-12-19(13-10-17)26(34)25-24-8-5-15-33(24)30(21-16-18(2)11-14-23(21)32-28(30)36)29(25)20-6-3-4-7-22(20)31-27(29)35/h3-4,6-7,9-14,16,24-25H,5,8,15H2,1-2H3,(H,31,35)(H,32,36)/t24-,25-,29-,30-/m0/s1. The van der Waals surface area contributed by atoms with Gasteiger partial charge in [0.1, 0.15) is 11.0 Å². The number of ketones is 1. The maximum Gasteiger partial charge on any atom is 0.251 e. The minimum atomic E-state index is -1.39. The molecule has 0 saturated carbocycles. The van der Waals surface area contributed by atoms with Gasteiger partial charge in [-0.1, -0.05) is 65.7 Å². The molecule has 2 fully saturated rings. The molecule has 0 unspecified atom stereocenters. The molecule has 2 saturated heterocycles. The van der Waals surface area contributed by atoms with Crippen LogP contribution in [-0.4, -0.2) is 35.1 Å². The highest BCUT2D eigenvalue weighted by molar-refractivity contribution is 6.21. The van der Waals surface area contributed by atoms with Crippen molar-refractivity contribution < 1.29 is 14.4 Å². The van der Waals surface area contributed by atoms with Crippen molar-refractivity contribution in [1.29, 1.82) is 0 Å². The van der Waals surface area contributed by atoms with Gasteiger partial charge in [0.15, 0.2) is 5.78 Å². The maximum absolute atomic E-state index is 14.5. The SMILES string of the molecule is Cc1ccc(C(=O)[C@@H]2[C@@H]3CCCN3[C@@]3(C(=O)Nc4ccc(C)cc43)[C@]23C(=O)Nc2ccccc23)cc1. The van der Waals surface area contributed by atoms with Crippen LogP contribution in [0.25, 0.3) is 0 Å². The molecule has 0 aliphatic carbocycles. The molecule has 36 heavy (non-hydrogen) atoms. The molecule has 4 aliphatic rings. The van der Waals surface area contributed by atoms with Gasteiger partial charge in [-0.05, 0) is 50.9 Å². The quantitative estimate of drug-likeness (QED) is 0.539. The third-order valence-electron chi connectivity index (χ3n) is 8.87. The van der Waals surface area contributed by atoms with Gasteiger partial charge in [-0.3, -0.25) is 19.3 Å². The fourth-order valence-corrected chi connectivity index (χ4v) is 7.59. The topological polar surface area (TPSA) is 78.5 Å². The highest BCUT2D eigenvalue weighted by Crippen LogP contribution is 2.67. The first-order valence-electron chi connectivity index (χ1n) is 12.6. The van der Waals surface area contributed by atoms with Crippen LogP contribution in [0.4, 0.5) is 11.4 Å². The molecule has 6 heteroatoms. The number of nitrogens with one attached hydrogen (secondary N) is 2. The summed E-state index contributed by atoms with van der Waals surface area (Å²) in [6.07, 6.45) is 1.63. The van der Waals surface area contributed by atoms with Crippen molar-refractivity contribution in [3.63, 3.8) is 0 Å². The highest BCUT2D eigenvalue weighted by atomic mass is 16.2. The molecule has 0 aromatic heterocycles. The van der Waals surface area contributed by atoms with E-state index in [-0.39, 0.29) is 23.6 Å². The van der Waals surface area contributed by atoms with Gasteiger partial charge in [0.25, 0.3) is 5.91 Å². The summed E-state index contributed by atoms with van der Waals surface area (Å²) in [5.74, 6) is -1.28. The Kier molecular flexibility index (Phi) is 4.26. The molecule has 4 aliphatic heterocycles. The van der Waals surface area contributed by atoms with Crippen LogP contribution in [0.3, 0.4) is 0 Å². The minimum Gasteiger partial charge on any atom is -0.325 e. The zero-order valence-corrected chi connectivity index (χ0v) is 20.3. The smallest absolute Gasteiger partial charge is 0.251 e. The Morgan fingerprint density at radius 2 is 1.56 bits per heavy atom. The molecule has 0 radical (unpaired) electrons. The second-order valence-corrected chi connectivity index (χ2v) is 10.6. The number of nitrogens with zero attached hydrogens (tertiary/aromatic N) is 1. The Morgan fingerprint density at radius 1 is 0.861 bits per heavy atom. The Bertz CT molecular complexity index is 1480. The number of Topliss-reactive ketones (excluding diaryl/α,β-unsaturated/α-hetero) is 1. The van der Waals surface area contributed by atoms with E-state index in [9.17, 15) is 14.4 Å². The number of aryl methyl sites for hydroxylation is 2. The molecule has 2 spiro atoms. The molecule has 4 atom stereocenters. The van der Waals surface area contributed by atoms with E-state index in [4.69, 9.17) is 0 Å². The van der Waals surface area contributed by atoms with Gasteiger partial charge in [0.2, 0.25) is 5.91 Å². The Labute approximate surface area is 209 Å². The number of carbonyl (C=O) groups is 3. The van der Waals surface area contributed by atoms with E-state index in [2.05, 4.69) is 15.5 Å². The van der Waals surface area contributed by atoms with Crippen molar-refractivity contribution >= 4 is 29.0 Å². The number of carbonyl (C=O) groups excluding carboxylic acids is 3. The predicted molar refractivity (Wildman–Crippen MR) is 137 cm³/mol. The first-order chi connectivity index (χ1) is 17.4. The number of para-hydroxylation sites is 1. The highest BCUT2D eigenvalue weighted by Gasteiger charge is 2.81. The maximum atomic E-state index is 14.5. The van der Waals surface area contributed by atoms with Crippen molar-refractivity contribution in [2.24, 2.45) is 5.92 Å². The lowest BCUT2D eigenvalue weighted by Gasteiger charge is -2.43. The summed E-state index contributed by atoms with van der Waals surface area (Å²) in [5.41, 5.74) is 2.89. The number of fused-ring (bicyclic) bond motifs is 7. The van der Waals surface area contributed by atoms with Gasteiger partial charge in [0.05, 0.1) is 5.92 Å². The molecular weight excluding hydrogens is 450 g/mol.